The molecule has 0 radical (unpaired) electrons. The zero-order chi connectivity index (χ0) is 25.0. The predicted molar refractivity (Wildman–Crippen MR) is 137 cm³/mol. The maximum absolute atomic E-state index is 14.6. The van der Waals surface area contributed by atoms with Crippen LogP contribution in [0.2, 0.25) is 0 Å². The molecule has 0 amide bonds. The Kier molecular flexibility index (Phi) is 5.01. The Labute approximate surface area is 205 Å². The van der Waals surface area contributed by atoms with Crippen molar-refractivity contribution in [1.29, 1.82) is 0 Å². The summed E-state index contributed by atoms with van der Waals surface area (Å²) in [5.41, 5.74) is 2.11. The van der Waals surface area contributed by atoms with Crippen molar-refractivity contribution < 1.29 is 21.4 Å². The maximum atomic E-state index is 14.6. The molecule has 6 aromatic rings. The van der Waals surface area contributed by atoms with Crippen LogP contribution in [-0.4, -0.2) is 24.2 Å². The second-order valence-corrected chi connectivity index (χ2v) is 10.0. The van der Waals surface area contributed by atoms with E-state index in [1.165, 1.54) is 0 Å². The normalized spacial score (nSPS) is 12.0. The molecule has 1 heterocycles. The summed E-state index contributed by atoms with van der Waals surface area (Å²) in [7, 11) is -4.04. The zero-order valence-electron chi connectivity index (χ0n) is 18.9. The fourth-order valence-corrected chi connectivity index (χ4v) is 5.11. The molecule has 178 valence electrons. The first-order chi connectivity index (χ1) is 17.3. The summed E-state index contributed by atoms with van der Waals surface area (Å²) in [4.78, 5) is 4.90. The molecule has 0 aliphatic carbocycles. The highest BCUT2D eigenvalue weighted by atomic mass is 32.2. The summed E-state index contributed by atoms with van der Waals surface area (Å²) < 4.78 is 59.7. The number of nitrogens with zero attached hydrogens (tertiary/aromatic N) is 2. The summed E-state index contributed by atoms with van der Waals surface area (Å²) in [6.07, 6.45) is 0.846. The third-order valence-corrected chi connectivity index (χ3v) is 6.53. The van der Waals surface area contributed by atoms with E-state index in [-0.39, 0.29) is 17.1 Å². The molecule has 5 aromatic carbocycles. The van der Waals surface area contributed by atoms with Gasteiger partial charge in [-0.3, -0.25) is 4.57 Å². The third kappa shape index (κ3) is 3.58. The molecule has 0 aliphatic rings. The quantitative estimate of drug-likeness (QED) is 0.202. The van der Waals surface area contributed by atoms with E-state index in [4.69, 9.17) is 9.17 Å². The maximum Gasteiger partial charge on any atom is 0.306 e. The zero-order valence-corrected chi connectivity index (χ0v) is 19.8. The molecule has 8 heteroatoms. The van der Waals surface area contributed by atoms with E-state index in [9.17, 15) is 17.2 Å². The molecule has 0 N–H and O–H groups in total. The fourth-order valence-electron chi connectivity index (χ4n) is 4.65. The van der Waals surface area contributed by atoms with Crippen molar-refractivity contribution in [3.63, 3.8) is 0 Å². The number of imidazole rings is 1. The van der Waals surface area contributed by atoms with Gasteiger partial charge in [0.15, 0.2) is 17.4 Å². The molecule has 0 fully saturated rings. The van der Waals surface area contributed by atoms with Gasteiger partial charge in [0, 0.05) is 22.5 Å². The number of fused-ring (bicyclic) bond motifs is 6. The Balaban J connectivity index is 1.84. The lowest BCUT2D eigenvalue weighted by atomic mass is 10.00. The van der Waals surface area contributed by atoms with Crippen molar-refractivity contribution in [2.75, 3.05) is 6.26 Å². The molecule has 1 aromatic heterocycles. The van der Waals surface area contributed by atoms with Crippen LogP contribution in [0.15, 0.2) is 91.0 Å². The minimum Gasteiger partial charge on any atom is -0.382 e. The smallest absolute Gasteiger partial charge is 0.306 e. The van der Waals surface area contributed by atoms with Crippen molar-refractivity contribution in [3.05, 3.63) is 103 Å². The largest absolute Gasteiger partial charge is 0.382 e. The van der Waals surface area contributed by atoms with Crippen LogP contribution in [0.5, 0.6) is 5.75 Å². The van der Waals surface area contributed by atoms with E-state index in [1.54, 1.807) is 0 Å². The Morgan fingerprint density at radius 1 is 0.750 bits per heavy atom. The molecule has 36 heavy (non-hydrogen) atoms. The van der Waals surface area contributed by atoms with Crippen LogP contribution < -0.4 is 4.18 Å². The van der Waals surface area contributed by atoms with E-state index >= 15 is 0 Å². The molecule has 0 saturated carbocycles. The van der Waals surface area contributed by atoms with Crippen molar-refractivity contribution in [2.45, 2.75) is 0 Å². The second-order valence-electron chi connectivity index (χ2n) is 8.44. The first kappa shape index (κ1) is 22.2. The highest BCUT2D eigenvalue weighted by Crippen LogP contribution is 2.41. The SMILES string of the molecule is CS(=O)(=O)Oc1cc(F)c(F)cc1-c1nc2c3ccccc3c3ccccc3c2n1-c1ccccc1. The van der Waals surface area contributed by atoms with Crippen LogP contribution in [0.3, 0.4) is 0 Å². The molecule has 0 bridgehead atoms. The third-order valence-electron chi connectivity index (χ3n) is 6.05. The van der Waals surface area contributed by atoms with E-state index in [2.05, 4.69) is 0 Å². The second kappa shape index (κ2) is 8.13. The van der Waals surface area contributed by atoms with E-state index in [1.807, 2.05) is 83.4 Å². The molecule has 0 spiro atoms. The van der Waals surface area contributed by atoms with Crippen LogP contribution in [0.25, 0.3) is 49.7 Å². The van der Waals surface area contributed by atoms with Crippen molar-refractivity contribution in [3.8, 4) is 22.8 Å². The number of rotatable bonds is 4. The standard InChI is InChI=1S/C28H18F2N2O3S/c1-36(33,34)35-25-16-24(30)23(29)15-22(25)28-31-26-20-13-7-5-11-18(20)19-12-6-8-14-21(19)27(26)32(28)17-9-3-2-4-10-17/h2-16H,1H3. The number of halogens is 2. The number of benzene rings is 5. The monoisotopic (exact) mass is 500 g/mol. The molecule has 0 unspecified atom stereocenters. The lowest BCUT2D eigenvalue weighted by Gasteiger charge is -2.14. The molecule has 0 saturated heterocycles. The Morgan fingerprint density at radius 3 is 1.97 bits per heavy atom. The van der Waals surface area contributed by atoms with Crippen LogP contribution in [0.1, 0.15) is 0 Å². The predicted octanol–water partition coefficient (Wildman–Crippen LogP) is 6.62. The lowest BCUT2D eigenvalue weighted by molar-refractivity contribution is 0.477. The first-order valence-electron chi connectivity index (χ1n) is 11.1. The summed E-state index contributed by atoms with van der Waals surface area (Å²) in [6.45, 7) is 0. The van der Waals surface area contributed by atoms with Crippen LogP contribution in [-0.2, 0) is 10.1 Å². The highest BCUT2D eigenvalue weighted by Gasteiger charge is 2.24. The topological polar surface area (TPSA) is 61.2 Å². The molecule has 0 atom stereocenters. The summed E-state index contributed by atoms with van der Waals surface area (Å²) in [5, 5.41) is 3.77. The van der Waals surface area contributed by atoms with Gasteiger partial charge in [0.2, 0.25) is 0 Å². The molecule has 0 aliphatic heterocycles. The van der Waals surface area contributed by atoms with Gasteiger partial charge in [-0.25, -0.2) is 13.8 Å². The number of hydrogen-bond donors (Lipinski definition) is 0. The van der Waals surface area contributed by atoms with Crippen LogP contribution in [0.4, 0.5) is 8.78 Å². The van der Waals surface area contributed by atoms with Gasteiger partial charge in [-0.05, 0) is 29.0 Å². The Bertz CT molecular complexity index is 1920. The lowest BCUT2D eigenvalue weighted by Crippen LogP contribution is -2.08. The summed E-state index contributed by atoms with van der Waals surface area (Å²) >= 11 is 0. The van der Waals surface area contributed by atoms with Gasteiger partial charge in [0.1, 0.15) is 5.82 Å². The van der Waals surface area contributed by atoms with Crippen LogP contribution in [0, 0.1) is 11.6 Å². The van der Waals surface area contributed by atoms with E-state index < -0.39 is 21.8 Å². The number of hydrogen-bond acceptors (Lipinski definition) is 4. The van der Waals surface area contributed by atoms with Crippen LogP contribution >= 0.6 is 0 Å². The van der Waals surface area contributed by atoms with Crippen molar-refractivity contribution >= 4 is 42.7 Å². The van der Waals surface area contributed by atoms with Gasteiger partial charge >= 0.3 is 10.1 Å². The Hall–Kier alpha value is -4.30. The van der Waals surface area contributed by atoms with Gasteiger partial charge in [-0.1, -0.05) is 66.7 Å². The summed E-state index contributed by atoms with van der Waals surface area (Å²) in [6, 6.07) is 26.7. The van der Waals surface area contributed by atoms with Crippen molar-refractivity contribution in [1.82, 2.24) is 9.55 Å². The molecular weight excluding hydrogens is 482 g/mol. The molecular formula is C28H18F2N2O3S. The Morgan fingerprint density at radius 2 is 1.31 bits per heavy atom. The minimum atomic E-state index is -4.04. The number of para-hydroxylation sites is 1. The number of aromatic nitrogens is 2. The first-order valence-corrected chi connectivity index (χ1v) is 12.9. The van der Waals surface area contributed by atoms with Crippen molar-refractivity contribution in [2.24, 2.45) is 0 Å². The fraction of sp³-hybridized carbons (Fsp3) is 0.0357. The summed E-state index contributed by atoms with van der Waals surface area (Å²) in [5.74, 6) is -2.50. The average Bonchev–Trinajstić information content (AvgIpc) is 3.27. The van der Waals surface area contributed by atoms with Gasteiger partial charge in [-0.15, -0.1) is 0 Å². The van der Waals surface area contributed by atoms with Gasteiger partial charge in [0.25, 0.3) is 0 Å². The average molecular weight is 501 g/mol. The van der Waals surface area contributed by atoms with Gasteiger partial charge < -0.3 is 4.18 Å². The molecule has 6 rings (SSSR count). The van der Waals surface area contributed by atoms with Gasteiger partial charge in [-0.2, -0.15) is 8.42 Å². The highest BCUT2D eigenvalue weighted by molar-refractivity contribution is 7.86. The molecule has 5 nitrogen and oxygen atoms in total. The van der Waals surface area contributed by atoms with E-state index in [0.717, 1.165) is 45.5 Å². The van der Waals surface area contributed by atoms with Gasteiger partial charge in [0.05, 0.1) is 22.9 Å². The minimum absolute atomic E-state index is 0.00698. The van der Waals surface area contributed by atoms with E-state index in [0.29, 0.717) is 11.2 Å².